The molecule has 0 atom stereocenters. The van der Waals surface area contributed by atoms with Gasteiger partial charge in [0.25, 0.3) is 0 Å². The molecule has 0 heterocycles. The molecule has 0 aromatic heterocycles. The molecule has 0 bridgehead atoms. The minimum absolute atomic E-state index is 0.277. The van der Waals surface area contributed by atoms with Gasteiger partial charge in [0.2, 0.25) is 5.11 Å². The molecule has 0 saturated carbocycles. The van der Waals surface area contributed by atoms with E-state index in [0.29, 0.717) is 6.61 Å². The van der Waals surface area contributed by atoms with Gasteiger partial charge < -0.3 is 4.74 Å². The van der Waals surface area contributed by atoms with E-state index in [4.69, 9.17) is 22.8 Å². The van der Waals surface area contributed by atoms with Gasteiger partial charge in [-0.15, -0.1) is 0 Å². The van der Waals surface area contributed by atoms with Crippen molar-refractivity contribution in [3.63, 3.8) is 0 Å². The van der Waals surface area contributed by atoms with Crippen LogP contribution in [0.15, 0.2) is 29.4 Å². The molecule has 3 N–H and O–H groups in total. The predicted octanol–water partition coefficient (Wildman–Crippen LogP) is 1.26. The lowest BCUT2D eigenvalue weighted by Crippen LogP contribution is -2.40. The van der Waals surface area contributed by atoms with Crippen molar-refractivity contribution in [2.24, 2.45) is 10.9 Å². The quantitative estimate of drug-likeness (QED) is 0.358. The summed E-state index contributed by atoms with van der Waals surface area (Å²) in [6, 6.07) is 7.30. The summed E-state index contributed by atoms with van der Waals surface area (Å²) in [6.45, 7) is 5.99. The summed E-state index contributed by atoms with van der Waals surface area (Å²) in [5.41, 5.74) is 3.11. The lowest BCUT2D eigenvalue weighted by Gasteiger charge is -2.18. The molecule has 0 aliphatic carbocycles. The molecule has 1 aromatic carbocycles. The highest BCUT2D eigenvalue weighted by Crippen LogP contribution is 2.19. The van der Waals surface area contributed by atoms with Gasteiger partial charge in [-0.05, 0) is 43.4 Å². The molecule has 1 aromatic rings. The van der Waals surface area contributed by atoms with Crippen molar-refractivity contribution in [1.82, 2.24) is 5.43 Å². The Morgan fingerprint density at radius 1 is 1.56 bits per heavy atom. The molecule has 5 nitrogen and oxygen atoms in total. The number of nitrogens with two attached hydrogens (primary N) is 1. The van der Waals surface area contributed by atoms with E-state index >= 15 is 0 Å². The van der Waals surface area contributed by atoms with Crippen molar-refractivity contribution < 1.29 is 4.74 Å². The smallest absolute Gasteiger partial charge is 0.208 e. The number of hydrazine groups is 1. The maximum absolute atomic E-state index is 5.32. The number of nitrogens with one attached hydrogen (secondary N) is 1. The molecule has 0 aliphatic rings. The van der Waals surface area contributed by atoms with Gasteiger partial charge in [-0.1, -0.05) is 0 Å². The molecule has 0 saturated heterocycles. The van der Waals surface area contributed by atoms with Crippen LogP contribution in [0.2, 0.25) is 0 Å². The third kappa shape index (κ3) is 2.91. The zero-order valence-electron chi connectivity index (χ0n) is 9.01. The molecule has 6 heteroatoms. The topological polar surface area (TPSA) is 62.9 Å². The fourth-order valence-corrected chi connectivity index (χ4v) is 1.34. The summed E-state index contributed by atoms with van der Waals surface area (Å²) in [5, 5.41) is 5.46. The molecule has 0 aliphatic heterocycles. The van der Waals surface area contributed by atoms with Crippen LogP contribution in [0.1, 0.15) is 6.92 Å². The van der Waals surface area contributed by atoms with Crippen molar-refractivity contribution in [3.8, 4) is 5.75 Å². The lowest BCUT2D eigenvalue weighted by atomic mass is 10.3. The number of anilines is 1. The number of hydrogen-bond donors (Lipinski definition) is 2. The highest BCUT2D eigenvalue weighted by Gasteiger charge is 2.08. The summed E-state index contributed by atoms with van der Waals surface area (Å²) in [7, 11) is 0. The van der Waals surface area contributed by atoms with E-state index in [2.05, 4.69) is 17.2 Å². The average molecular weight is 238 g/mol. The first-order valence-corrected chi connectivity index (χ1v) is 5.14. The van der Waals surface area contributed by atoms with Crippen molar-refractivity contribution >= 4 is 29.7 Å². The second-order valence-corrected chi connectivity index (χ2v) is 3.22. The van der Waals surface area contributed by atoms with E-state index in [1.165, 1.54) is 5.01 Å². The maximum atomic E-state index is 5.32. The van der Waals surface area contributed by atoms with E-state index < -0.39 is 0 Å². The van der Waals surface area contributed by atoms with Crippen molar-refractivity contribution in [2.75, 3.05) is 11.6 Å². The van der Waals surface area contributed by atoms with Crippen molar-refractivity contribution in [1.29, 1.82) is 0 Å². The Morgan fingerprint density at radius 3 is 2.62 bits per heavy atom. The first-order valence-electron chi connectivity index (χ1n) is 4.73. The highest BCUT2D eigenvalue weighted by atomic mass is 32.1. The summed E-state index contributed by atoms with van der Waals surface area (Å²) in [4.78, 5) is 0. The average Bonchev–Trinajstić information content (AvgIpc) is 2.32. The second kappa shape index (κ2) is 6.04. The molecular formula is C10H14N4OS. The normalized spacial score (nSPS) is 9.38. The zero-order valence-corrected chi connectivity index (χ0v) is 9.83. The van der Waals surface area contributed by atoms with E-state index in [0.717, 1.165) is 11.4 Å². The monoisotopic (exact) mass is 238 g/mol. The van der Waals surface area contributed by atoms with Gasteiger partial charge in [0, 0.05) is 6.72 Å². The molecule has 0 spiro atoms. The number of benzene rings is 1. The second-order valence-electron chi connectivity index (χ2n) is 2.83. The highest BCUT2D eigenvalue weighted by molar-refractivity contribution is 7.80. The standard InChI is InChI=1S/C10H14N4OS/c1-3-15-9-6-4-8(5-7-9)14(12-2)10(16)13-11/h4-7H,2-3,11H2,1H3,(H,13,16). The summed E-state index contributed by atoms with van der Waals surface area (Å²) in [5.74, 6) is 6.01. The first-order chi connectivity index (χ1) is 7.72. The number of nitrogens with zero attached hydrogens (tertiary/aromatic N) is 2. The number of thiocarbonyl (C=S) groups is 1. The minimum atomic E-state index is 0.277. The molecule has 0 fully saturated rings. The van der Waals surface area contributed by atoms with Crippen LogP contribution < -0.4 is 21.0 Å². The fourth-order valence-electron chi connectivity index (χ4n) is 1.17. The van der Waals surface area contributed by atoms with Crippen molar-refractivity contribution in [2.45, 2.75) is 6.92 Å². The van der Waals surface area contributed by atoms with E-state index in [1.54, 1.807) is 0 Å². The minimum Gasteiger partial charge on any atom is -0.494 e. The largest absolute Gasteiger partial charge is 0.494 e. The SMILES string of the molecule is C=NN(C(=S)NN)c1ccc(OCC)cc1. The molecule has 0 unspecified atom stereocenters. The Labute approximate surface area is 99.8 Å². The van der Waals surface area contributed by atoms with Crippen LogP contribution in [-0.2, 0) is 0 Å². The van der Waals surface area contributed by atoms with Crippen molar-refractivity contribution in [3.05, 3.63) is 24.3 Å². The Kier molecular flexibility index (Phi) is 4.68. The van der Waals surface area contributed by atoms with E-state index in [1.807, 2.05) is 31.2 Å². The van der Waals surface area contributed by atoms with Crippen LogP contribution in [0.5, 0.6) is 5.75 Å². The van der Waals surface area contributed by atoms with Gasteiger partial charge in [-0.2, -0.15) is 5.10 Å². The lowest BCUT2D eigenvalue weighted by molar-refractivity contribution is 0.340. The fraction of sp³-hybridized carbons (Fsp3) is 0.200. The van der Waals surface area contributed by atoms with Crippen LogP contribution in [0.25, 0.3) is 0 Å². The third-order valence-corrected chi connectivity index (χ3v) is 2.14. The van der Waals surface area contributed by atoms with Gasteiger partial charge in [0.1, 0.15) is 5.75 Å². The number of ether oxygens (including phenoxy) is 1. The van der Waals surface area contributed by atoms with Gasteiger partial charge in [-0.25, -0.2) is 10.9 Å². The van der Waals surface area contributed by atoms with Crippen LogP contribution in [0, 0.1) is 0 Å². The summed E-state index contributed by atoms with van der Waals surface area (Å²) in [6.07, 6.45) is 0. The Hall–Kier alpha value is -1.66. The van der Waals surface area contributed by atoms with Gasteiger partial charge >= 0.3 is 0 Å². The summed E-state index contributed by atoms with van der Waals surface area (Å²) >= 11 is 4.97. The van der Waals surface area contributed by atoms with Crippen LogP contribution in [0.3, 0.4) is 0 Å². The molecule has 86 valence electrons. The molecule has 1 rings (SSSR count). The van der Waals surface area contributed by atoms with Crippen LogP contribution in [-0.4, -0.2) is 18.4 Å². The maximum Gasteiger partial charge on any atom is 0.208 e. The Bertz CT molecular complexity index is 366. The van der Waals surface area contributed by atoms with E-state index in [9.17, 15) is 0 Å². The Morgan fingerprint density at radius 2 is 2.19 bits per heavy atom. The van der Waals surface area contributed by atoms with E-state index in [-0.39, 0.29) is 5.11 Å². The predicted molar refractivity (Wildman–Crippen MR) is 69.6 cm³/mol. The molecular weight excluding hydrogens is 224 g/mol. The van der Waals surface area contributed by atoms with Gasteiger partial charge in [-0.3, -0.25) is 5.43 Å². The molecule has 0 radical (unpaired) electrons. The van der Waals surface area contributed by atoms with Gasteiger partial charge in [0.15, 0.2) is 0 Å². The number of hydrazone groups is 1. The van der Waals surface area contributed by atoms with Crippen LogP contribution >= 0.6 is 12.2 Å². The molecule has 0 amide bonds. The Balaban J connectivity index is 2.86. The third-order valence-electron chi connectivity index (χ3n) is 1.85. The number of rotatable bonds is 4. The molecule has 16 heavy (non-hydrogen) atoms. The first kappa shape index (κ1) is 12.4. The van der Waals surface area contributed by atoms with Gasteiger partial charge in [0.05, 0.1) is 12.3 Å². The van der Waals surface area contributed by atoms with Crippen LogP contribution in [0.4, 0.5) is 5.69 Å². The summed E-state index contributed by atoms with van der Waals surface area (Å²) < 4.78 is 5.32. The zero-order chi connectivity index (χ0) is 12.0. The number of hydrogen-bond acceptors (Lipinski definition) is 4.